The van der Waals surface area contributed by atoms with Gasteiger partial charge in [-0.05, 0) is 86.4 Å². The molecular formula is C21H28OS. The monoisotopic (exact) mass is 328 g/mol. The number of fused-ring (bicyclic) bond motifs is 5. The Hall–Kier alpha value is -0.680. The molecule has 2 heteroatoms. The van der Waals surface area contributed by atoms with Gasteiger partial charge in [0.25, 0.3) is 0 Å². The number of hydrogen-bond acceptors (Lipinski definition) is 2. The van der Waals surface area contributed by atoms with Crippen LogP contribution in [0.2, 0.25) is 0 Å². The van der Waals surface area contributed by atoms with E-state index in [0.29, 0.717) is 17.1 Å². The fraction of sp³-hybridized carbons (Fsp3) is 0.762. The molecule has 124 valence electrons. The van der Waals surface area contributed by atoms with E-state index in [1.807, 2.05) is 17.8 Å². The Morgan fingerprint density at radius 1 is 1.17 bits per heavy atom. The molecule has 0 aromatic carbocycles. The van der Waals surface area contributed by atoms with E-state index in [1.165, 1.54) is 37.7 Å². The Kier molecular flexibility index (Phi) is 3.73. The summed E-state index contributed by atoms with van der Waals surface area (Å²) < 4.78 is 0.0568. The maximum absolute atomic E-state index is 11.8. The van der Waals surface area contributed by atoms with Crippen molar-refractivity contribution in [2.45, 2.75) is 63.0 Å². The number of rotatable bonds is 1. The quantitative estimate of drug-likeness (QED) is 0.639. The van der Waals surface area contributed by atoms with Gasteiger partial charge in [-0.1, -0.05) is 18.4 Å². The highest BCUT2D eigenvalue weighted by molar-refractivity contribution is 8.00. The van der Waals surface area contributed by atoms with Crippen molar-refractivity contribution >= 4 is 17.5 Å². The molecular weight excluding hydrogens is 300 g/mol. The molecule has 0 radical (unpaired) electrons. The van der Waals surface area contributed by atoms with Gasteiger partial charge >= 0.3 is 0 Å². The van der Waals surface area contributed by atoms with Gasteiger partial charge in [-0.3, -0.25) is 4.79 Å². The molecule has 0 aromatic heterocycles. The summed E-state index contributed by atoms with van der Waals surface area (Å²) >= 11 is 1.93. The number of ketones is 1. The fourth-order valence-electron chi connectivity index (χ4n) is 6.81. The van der Waals surface area contributed by atoms with Crippen molar-refractivity contribution in [3.63, 3.8) is 0 Å². The summed E-state index contributed by atoms with van der Waals surface area (Å²) in [5, 5.41) is 0. The summed E-state index contributed by atoms with van der Waals surface area (Å²) in [5.41, 5.74) is 1.80. The minimum atomic E-state index is 0.0568. The molecule has 4 unspecified atom stereocenters. The normalized spacial score (nSPS) is 48.7. The number of allylic oxidation sites excluding steroid dienone is 1. The molecule has 0 amide bonds. The number of thioether (sulfide) groups is 1. The average Bonchev–Trinajstić information content (AvgIpc) is 2.87. The Balaban J connectivity index is 1.65. The SMILES string of the molecule is C#C[C@@]1(SC)CCC2C3CCC4=CC(=O)CCC4C3CC[C@@]21C. The molecule has 3 saturated carbocycles. The molecule has 3 fully saturated rings. The minimum absolute atomic E-state index is 0.0568. The third-order valence-electron chi connectivity index (χ3n) is 8.00. The standard InChI is InChI=1S/C21H28OS/c1-4-21(23-3)12-10-19-18-7-5-14-13-15(22)6-8-16(14)17(18)9-11-20(19,21)2/h1,13,16-19H,5-12H2,2-3H3/t16?,17?,18?,19?,20-,21+/m0/s1. The van der Waals surface area contributed by atoms with Crippen LogP contribution in [-0.2, 0) is 4.79 Å². The van der Waals surface area contributed by atoms with Gasteiger partial charge in [-0.15, -0.1) is 18.2 Å². The fourth-order valence-corrected chi connectivity index (χ4v) is 7.97. The highest BCUT2D eigenvalue weighted by Crippen LogP contribution is 2.67. The zero-order valence-electron chi connectivity index (χ0n) is 14.4. The summed E-state index contributed by atoms with van der Waals surface area (Å²) in [6.07, 6.45) is 19.7. The molecule has 0 saturated heterocycles. The van der Waals surface area contributed by atoms with Crippen LogP contribution >= 0.6 is 11.8 Å². The number of hydrogen-bond donors (Lipinski definition) is 0. The van der Waals surface area contributed by atoms with E-state index in [1.54, 1.807) is 0 Å². The van der Waals surface area contributed by atoms with Crippen LogP contribution in [0.4, 0.5) is 0 Å². The van der Waals surface area contributed by atoms with Crippen molar-refractivity contribution in [3.05, 3.63) is 11.6 Å². The van der Waals surface area contributed by atoms with E-state index in [-0.39, 0.29) is 4.75 Å². The number of carbonyl (C=O) groups excluding carboxylic acids is 1. The van der Waals surface area contributed by atoms with Gasteiger partial charge in [0.1, 0.15) is 0 Å². The lowest BCUT2D eigenvalue weighted by Crippen LogP contribution is -2.50. The second-order valence-corrected chi connectivity index (χ2v) is 9.58. The van der Waals surface area contributed by atoms with E-state index in [4.69, 9.17) is 6.42 Å². The highest BCUT2D eigenvalue weighted by Gasteiger charge is 2.62. The first-order chi connectivity index (χ1) is 11.0. The molecule has 23 heavy (non-hydrogen) atoms. The van der Waals surface area contributed by atoms with E-state index in [2.05, 4.69) is 19.1 Å². The molecule has 0 bridgehead atoms. The molecule has 4 rings (SSSR count). The first-order valence-electron chi connectivity index (χ1n) is 9.31. The van der Waals surface area contributed by atoms with E-state index in [9.17, 15) is 4.79 Å². The number of terminal acetylenes is 1. The molecule has 0 aliphatic heterocycles. The predicted octanol–water partition coefficient (Wildman–Crippen LogP) is 4.86. The van der Waals surface area contributed by atoms with Gasteiger partial charge in [0.15, 0.2) is 5.78 Å². The van der Waals surface area contributed by atoms with Crippen LogP contribution in [0.3, 0.4) is 0 Å². The lowest BCUT2D eigenvalue weighted by Gasteiger charge is -2.55. The van der Waals surface area contributed by atoms with Crippen LogP contribution < -0.4 is 0 Å². The lowest BCUT2D eigenvalue weighted by molar-refractivity contribution is -0.116. The molecule has 6 atom stereocenters. The maximum atomic E-state index is 11.8. The van der Waals surface area contributed by atoms with Crippen LogP contribution in [0.15, 0.2) is 11.6 Å². The topological polar surface area (TPSA) is 17.1 Å². The zero-order chi connectivity index (χ0) is 16.2. The molecule has 0 heterocycles. The Morgan fingerprint density at radius 3 is 2.74 bits per heavy atom. The van der Waals surface area contributed by atoms with Crippen molar-refractivity contribution in [3.8, 4) is 12.3 Å². The molecule has 4 aliphatic rings. The molecule has 0 N–H and O–H groups in total. The molecule has 0 aromatic rings. The lowest BCUT2D eigenvalue weighted by atomic mass is 9.51. The second kappa shape index (κ2) is 5.41. The summed E-state index contributed by atoms with van der Waals surface area (Å²) in [4.78, 5) is 11.8. The first-order valence-corrected chi connectivity index (χ1v) is 10.5. The third-order valence-corrected chi connectivity index (χ3v) is 9.49. The van der Waals surface area contributed by atoms with Crippen LogP contribution in [0.1, 0.15) is 58.3 Å². The van der Waals surface area contributed by atoms with E-state index < -0.39 is 0 Å². The Bertz CT molecular complexity index is 599. The maximum Gasteiger partial charge on any atom is 0.155 e. The van der Waals surface area contributed by atoms with Crippen molar-refractivity contribution in [2.24, 2.45) is 29.1 Å². The van der Waals surface area contributed by atoms with Crippen LogP contribution in [0.5, 0.6) is 0 Å². The van der Waals surface area contributed by atoms with Gasteiger partial charge in [0, 0.05) is 6.42 Å². The molecule has 4 aliphatic carbocycles. The van der Waals surface area contributed by atoms with Gasteiger partial charge in [0.2, 0.25) is 0 Å². The summed E-state index contributed by atoms with van der Waals surface area (Å²) in [6.45, 7) is 2.49. The first kappa shape index (κ1) is 15.8. The number of carbonyl (C=O) groups is 1. The second-order valence-electron chi connectivity index (χ2n) is 8.47. The Morgan fingerprint density at radius 2 is 2.00 bits per heavy atom. The van der Waals surface area contributed by atoms with Crippen LogP contribution in [-0.4, -0.2) is 16.8 Å². The smallest absolute Gasteiger partial charge is 0.155 e. The van der Waals surface area contributed by atoms with Gasteiger partial charge in [-0.2, -0.15) is 0 Å². The van der Waals surface area contributed by atoms with Gasteiger partial charge < -0.3 is 0 Å². The van der Waals surface area contributed by atoms with E-state index >= 15 is 0 Å². The zero-order valence-corrected chi connectivity index (χ0v) is 15.3. The van der Waals surface area contributed by atoms with Gasteiger partial charge in [-0.25, -0.2) is 0 Å². The van der Waals surface area contributed by atoms with Crippen molar-refractivity contribution in [1.29, 1.82) is 0 Å². The van der Waals surface area contributed by atoms with Crippen LogP contribution in [0, 0.1) is 41.4 Å². The summed E-state index contributed by atoms with van der Waals surface area (Å²) in [5.74, 6) is 6.75. The minimum Gasteiger partial charge on any atom is -0.295 e. The third kappa shape index (κ3) is 2.05. The van der Waals surface area contributed by atoms with Crippen molar-refractivity contribution < 1.29 is 4.79 Å². The van der Waals surface area contributed by atoms with E-state index in [0.717, 1.165) is 37.0 Å². The highest BCUT2D eigenvalue weighted by atomic mass is 32.2. The van der Waals surface area contributed by atoms with Crippen LogP contribution in [0.25, 0.3) is 0 Å². The van der Waals surface area contributed by atoms with Gasteiger partial charge in [0.05, 0.1) is 4.75 Å². The molecule has 0 spiro atoms. The average molecular weight is 329 g/mol. The van der Waals surface area contributed by atoms with Crippen molar-refractivity contribution in [2.75, 3.05) is 6.26 Å². The largest absolute Gasteiger partial charge is 0.295 e. The predicted molar refractivity (Wildman–Crippen MR) is 97.2 cm³/mol. The summed E-state index contributed by atoms with van der Waals surface area (Å²) in [6, 6.07) is 0. The Labute approximate surface area is 145 Å². The summed E-state index contributed by atoms with van der Waals surface area (Å²) in [7, 11) is 0. The molecule has 1 nitrogen and oxygen atoms in total. The van der Waals surface area contributed by atoms with Crippen molar-refractivity contribution in [1.82, 2.24) is 0 Å².